The first-order valence-electron chi connectivity index (χ1n) is 12.3. The molecule has 1 aliphatic rings. The maximum absolute atomic E-state index is 5.09. The van der Waals surface area contributed by atoms with E-state index < -0.39 is 0 Å². The number of nitrogens with two attached hydrogens (primary N) is 1. The Morgan fingerprint density at radius 3 is 2.53 bits per heavy atom. The van der Waals surface area contributed by atoms with Gasteiger partial charge in [0.15, 0.2) is 5.82 Å². The summed E-state index contributed by atoms with van der Waals surface area (Å²) in [6.45, 7) is 3.14. The monoisotopic (exact) mass is 512 g/mol. The van der Waals surface area contributed by atoms with E-state index in [9.17, 15) is 0 Å². The van der Waals surface area contributed by atoms with Crippen molar-refractivity contribution >= 4 is 44.2 Å². The molecule has 5 heterocycles. The number of aliphatic imine (C=N–C) groups is 1. The topological polar surface area (TPSA) is 89.9 Å². The first-order valence-corrected chi connectivity index (χ1v) is 13.1. The van der Waals surface area contributed by atoms with Crippen molar-refractivity contribution in [1.82, 2.24) is 19.9 Å². The average Bonchev–Trinajstić information content (AvgIpc) is 3.35. The van der Waals surface area contributed by atoms with E-state index in [2.05, 4.69) is 46.5 Å². The fourth-order valence-electron chi connectivity index (χ4n) is 4.59. The van der Waals surface area contributed by atoms with Gasteiger partial charge in [-0.2, -0.15) is 0 Å². The molecule has 0 saturated heterocycles. The SMILES string of the molecule is C1=Nc2c(sc3ccc(-c4nc(-c5ccnc(-c6ccccn6)c5)c5ccccc5n4)cc23)CC1.C=CN. The smallest absolute Gasteiger partial charge is 0.160 e. The first kappa shape index (κ1) is 23.6. The van der Waals surface area contributed by atoms with Crippen LogP contribution in [0.4, 0.5) is 5.69 Å². The number of thiophene rings is 1. The Morgan fingerprint density at radius 2 is 1.66 bits per heavy atom. The molecule has 6 aromatic rings. The summed E-state index contributed by atoms with van der Waals surface area (Å²) in [5, 5.41) is 2.19. The highest BCUT2D eigenvalue weighted by molar-refractivity contribution is 7.19. The summed E-state index contributed by atoms with van der Waals surface area (Å²) in [6.07, 6.45) is 8.94. The van der Waals surface area contributed by atoms with Crippen molar-refractivity contribution < 1.29 is 0 Å². The number of nitrogens with zero attached hydrogens (tertiary/aromatic N) is 5. The number of hydrogen-bond donors (Lipinski definition) is 1. The Kier molecular flexibility index (Phi) is 6.42. The second-order valence-corrected chi connectivity index (χ2v) is 9.87. The number of fused-ring (bicyclic) bond motifs is 4. The van der Waals surface area contributed by atoms with Gasteiger partial charge in [0.1, 0.15) is 0 Å². The molecule has 0 bridgehead atoms. The van der Waals surface area contributed by atoms with Crippen LogP contribution in [0.25, 0.3) is 55.0 Å². The Hall–Kier alpha value is -4.75. The number of hydrogen-bond acceptors (Lipinski definition) is 7. The second kappa shape index (κ2) is 10.3. The normalized spacial score (nSPS) is 12.1. The van der Waals surface area contributed by atoms with E-state index in [-0.39, 0.29) is 0 Å². The summed E-state index contributed by atoms with van der Waals surface area (Å²) in [5.74, 6) is 0.705. The molecule has 0 saturated carbocycles. The zero-order valence-electron chi connectivity index (χ0n) is 20.6. The molecule has 0 aliphatic carbocycles. The van der Waals surface area contributed by atoms with E-state index in [1.807, 2.05) is 72.3 Å². The van der Waals surface area contributed by atoms with E-state index in [1.54, 1.807) is 6.20 Å². The van der Waals surface area contributed by atoms with Gasteiger partial charge in [-0.15, -0.1) is 11.3 Å². The minimum atomic E-state index is 0.705. The molecule has 7 heteroatoms. The minimum Gasteiger partial charge on any atom is -0.405 e. The lowest BCUT2D eigenvalue weighted by atomic mass is 10.0. The molecule has 38 heavy (non-hydrogen) atoms. The van der Waals surface area contributed by atoms with Crippen LogP contribution in [0.2, 0.25) is 0 Å². The molecule has 1 aliphatic heterocycles. The van der Waals surface area contributed by atoms with Crippen molar-refractivity contribution in [2.24, 2.45) is 10.7 Å². The molecule has 0 amide bonds. The third-order valence-corrected chi connectivity index (χ3v) is 7.49. The number of benzene rings is 2. The van der Waals surface area contributed by atoms with E-state index >= 15 is 0 Å². The lowest BCUT2D eigenvalue weighted by molar-refractivity contribution is 1.06. The van der Waals surface area contributed by atoms with E-state index in [4.69, 9.17) is 15.0 Å². The van der Waals surface area contributed by atoms with Crippen LogP contribution in [0.5, 0.6) is 0 Å². The second-order valence-electron chi connectivity index (χ2n) is 8.73. The number of pyridine rings is 2. The van der Waals surface area contributed by atoms with Gasteiger partial charge < -0.3 is 5.73 Å². The number of aromatic nitrogens is 4. The molecule has 184 valence electrons. The van der Waals surface area contributed by atoms with Gasteiger partial charge in [-0.05, 0) is 67.6 Å². The Morgan fingerprint density at radius 1 is 0.816 bits per heavy atom. The molecular weight excluding hydrogens is 488 g/mol. The molecule has 0 atom stereocenters. The zero-order valence-corrected chi connectivity index (χ0v) is 21.4. The van der Waals surface area contributed by atoms with Crippen LogP contribution < -0.4 is 5.73 Å². The van der Waals surface area contributed by atoms with Gasteiger partial charge in [0.25, 0.3) is 0 Å². The molecule has 0 unspecified atom stereocenters. The quantitative estimate of drug-likeness (QED) is 0.267. The van der Waals surface area contributed by atoms with Crippen LogP contribution in [-0.4, -0.2) is 26.2 Å². The van der Waals surface area contributed by atoms with Crippen molar-refractivity contribution in [3.63, 3.8) is 0 Å². The zero-order chi connectivity index (χ0) is 25.9. The third kappa shape index (κ3) is 4.44. The molecular formula is C31H24N6S. The molecule has 0 spiro atoms. The minimum absolute atomic E-state index is 0.705. The predicted molar refractivity (Wildman–Crippen MR) is 158 cm³/mol. The third-order valence-electron chi connectivity index (χ3n) is 6.27. The van der Waals surface area contributed by atoms with Gasteiger partial charge in [0.2, 0.25) is 0 Å². The fraction of sp³-hybridized carbons (Fsp3) is 0.0645. The van der Waals surface area contributed by atoms with Gasteiger partial charge in [0.05, 0.1) is 28.3 Å². The van der Waals surface area contributed by atoms with E-state index in [0.29, 0.717) is 5.82 Å². The van der Waals surface area contributed by atoms with Crippen LogP contribution in [0.3, 0.4) is 0 Å². The van der Waals surface area contributed by atoms with Crippen LogP contribution in [0, 0.1) is 0 Å². The van der Waals surface area contributed by atoms with Crippen molar-refractivity contribution in [2.75, 3.05) is 0 Å². The van der Waals surface area contributed by atoms with Crippen molar-refractivity contribution in [1.29, 1.82) is 0 Å². The highest BCUT2D eigenvalue weighted by Gasteiger charge is 2.17. The molecule has 0 fully saturated rings. The maximum Gasteiger partial charge on any atom is 0.160 e. The Labute approximate surface area is 224 Å². The molecule has 2 N–H and O–H groups in total. The van der Waals surface area contributed by atoms with Crippen molar-refractivity contribution in [3.8, 4) is 34.0 Å². The van der Waals surface area contributed by atoms with Crippen LogP contribution >= 0.6 is 11.3 Å². The van der Waals surface area contributed by atoms with Crippen molar-refractivity contribution in [2.45, 2.75) is 12.8 Å². The largest absolute Gasteiger partial charge is 0.405 e. The summed E-state index contributed by atoms with van der Waals surface area (Å²) < 4.78 is 1.26. The summed E-state index contributed by atoms with van der Waals surface area (Å²) in [5.41, 5.74) is 11.1. The molecule has 6 nitrogen and oxygen atoms in total. The fourth-order valence-corrected chi connectivity index (χ4v) is 5.74. The van der Waals surface area contributed by atoms with Crippen LogP contribution in [-0.2, 0) is 6.42 Å². The van der Waals surface area contributed by atoms with Gasteiger partial charge in [-0.3, -0.25) is 15.0 Å². The molecule has 7 rings (SSSR count). The predicted octanol–water partition coefficient (Wildman–Crippen LogP) is 7.37. The summed E-state index contributed by atoms with van der Waals surface area (Å²) >= 11 is 1.84. The van der Waals surface area contributed by atoms with Gasteiger partial charge in [-0.1, -0.05) is 30.8 Å². The van der Waals surface area contributed by atoms with Crippen LogP contribution in [0.15, 0.2) is 103 Å². The summed E-state index contributed by atoms with van der Waals surface area (Å²) in [6, 6.07) is 24.5. The Balaban J connectivity index is 0.000000843. The maximum atomic E-state index is 5.09. The number of rotatable bonds is 3. The highest BCUT2D eigenvalue weighted by Crippen LogP contribution is 2.42. The Bertz CT molecular complexity index is 1810. The van der Waals surface area contributed by atoms with E-state index in [0.717, 1.165) is 57.6 Å². The highest BCUT2D eigenvalue weighted by atomic mass is 32.1. The van der Waals surface area contributed by atoms with Gasteiger partial charge in [-0.25, -0.2) is 9.97 Å². The standard InChI is InChI=1S/C29H19N5S.C2H5N/c1-2-7-22-20(6-1)27(18-12-15-31-24(17-18)23-8-3-4-13-30-23)34-29(33-22)19-10-11-25-21(16-19)28-26(35-25)9-5-14-32-28;1-2-3/h1-4,6-8,10-17H,5,9H2;2H,1,3H2. The van der Waals surface area contributed by atoms with Gasteiger partial charge >= 0.3 is 0 Å². The van der Waals surface area contributed by atoms with Crippen molar-refractivity contribution in [3.05, 3.63) is 103 Å². The molecule has 0 radical (unpaired) electrons. The average molecular weight is 513 g/mol. The lowest BCUT2D eigenvalue weighted by Gasteiger charge is -2.10. The number of aryl methyl sites for hydroxylation is 1. The molecule has 4 aromatic heterocycles. The summed E-state index contributed by atoms with van der Waals surface area (Å²) in [4.78, 5) is 25.1. The lowest BCUT2D eigenvalue weighted by Crippen LogP contribution is -1.96. The van der Waals surface area contributed by atoms with E-state index in [1.165, 1.54) is 21.2 Å². The van der Waals surface area contributed by atoms with Crippen LogP contribution in [0.1, 0.15) is 11.3 Å². The molecule has 2 aromatic carbocycles. The summed E-state index contributed by atoms with van der Waals surface area (Å²) in [7, 11) is 0. The number of para-hydroxylation sites is 1. The first-order chi connectivity index (χ1) is 18.7. The van der Waals surface area contributed by atoms with Gasteiger partial charge in [0, 0.05) is 50.1 Å².